The molecule has 1 unspecified atom stereocenters. The zero-order valence-corrected chi connectivity index (χ0v) is 35.0. The van der Waals surface area contributed by atoms with Crippen molar-refractivity contribution >= 4 is 13.8 Å². The molecule has 0 saturated carbocycles. The Bertz CT molecular complexity index is 853. The summed E-state index contributed by atoms with van der Waals surface area (Å²) >= 11 is 0. The summed E-state index contributed by atoms with van der Waals surface area (Å²) in [7, 11) is -4.26. The van der Waals surface area contributed by atoms with Gasteiger partial charge in [0.1, 0.15) is 6.61 Å². The van der Waals surface area contributed by atoms with Crippen molar-refractivity contribution in [2.24, 2.45) is 5.73 Å². The van der Waals surface area contributed by atoms with Crippen LogP contribution < -0.4 is 5.73 Å². The molecule has 0 saturated heterocycles. The molecule has 52 heavy (non-hydrogen) atoms. The number of nitrogens with two attached hydrogens (primary N) is 1. The van der Waals surface area contributed by atoms with Gasteiger partial charge in [-0.1, -0.05) is 174 Å². The molecule has 0 bridgehead atoms. The Morgan fingerprint density at radius 1 is 0.577 bits per heavy atom. The van der Waals surface area contributed by atoms with Gasteiger partial charge in [-0.05, 0) is 51.0 Å². The molecule has 0 fully saturated rings. The molecule has 0 heterocycles. The van der Waals surface area contributed by atoms with Gasteiger partial charge in [0.25, 0.3) is 0 Å². The van der Waals surface area contributed by atoms with Crippen LogP contribution in [0.15, 0.2) is 24.5 Å². The van der Waals surface area contributed by atoms with Gasteiger partial charge >= 0.3 is 13.8 Å². The van der Waals surface area contributed by atoms with Crippen molar-refractivity contribution in [3.63, 3.8) is 0 Å². The first-order valence-corrected chi connectivity index (χ1v) is 23.4. The molecule has 0 radical (unpaired) electrons. The lowest BCUT2D eigenvalue weighted by Crippen LogP contribution is -2.25. The summed E-state index contributed by atoms with van der Waals surface area (Å²) in [5.74, 6) is -0.292. The average Bonchev–Trinajstić information content (AvgIpc) is 3.14. The molecule has 308 valence electrons. The van der Waals surface area contributed by atoms with Gasteiger partial charge in [0.15, 0.2) is 6.10 Å². The fourth-order valence-corrected chi connectivity index (χ4v) is 6.92. The lowest BCUT2D eigenvalue weighted by molar-refractivity contribution is -0.147. The molecule has 0 amide bonds. The number of carbonyl (C=O) groups is 1. The van der Waals surface area contributed by atoms with Gasteiger partial charge in [-0.2, -0.15) is 0 Å². The summed E-state index contributed by atoms with van der Waals surface area (Å²) in [4.78, 5) is 22.3. The number of carbonyl (C=O) groups excluding carboxylic acids is 1. The highest BCUT2D eigenvalue weighted by Crippen LogP contribution is 2.43. The average molecular weight is 758 g/mol. The normalized spacial score (nSPS) is 13.6. The van der Waals surface area contributed by atoms with Crippen molar-refractivity contribution in [3.05, 3.63) is 24.5 Å². The van der Waals surface area contributed by atoms with Gasteiger partial charge in [0.2, 0.25) is 0 Å². The number of rotatable bonds is 42. The first-order valence-electron chi connectivity index (χ1n) is 21.9. The van der Waals surface area contributed by atoms with Crippen molar-refractivity contribution in [1.82, 2.24) is 0 Å². The van der Waals surface area contributed by atoms with Crippen LogP contribution in [0.3, 0.4) is 0 Å². The molecule has 0 aliphatic carbocycles. The van der Waals surface area contributed by atoms with E-state index < -0.39 is 13.9 Å². The number of hydrogen-bond acceptors (Lipinski definition) is 7. The molecule has 3 N–H and O–H groups in total. The molecule has 0 aliphatic heterocycles. The van der Waals surface area contributed by atoms with Gasteiger partial charge in [0, 0.05) is 13.0 Å². The Balaban J connectivity index is 4.05. The highest BCUT2D eigenvalue weighted by atomic mass is 31.2. The van der Waals surface area contributed by atoms with Crippen LogP contribution in [-0.2, 0) is 27.9 Å². The molecule has 0 rings (SSSR count). The van der Waals surface area contributed by atoms with E-state index in [1.807, 2.05) is 6.08 Å². The van der Waals surface area contributed by atoms with E-state index in [0.29, 0.717) is 6.42 Å². The highest BCUT2D eigenvalue weighted by molar-refractivity contribution is 7.47. The maximum atomic E-state index is 12.4. The molecular formula is C43H84NO7P. The molecule has 8 nitrogen and oxygen atoms in total. The second-order valence-corrected chi connectivity index (χ2v) is 16.1. The smallest absolute Gasteiger partial charge is 0.472 e. The summed E-state index contributed by atoms with van der Waals surface area (Å²) in [6, 6.07) is 0. The van der Waals surface area contributed by atoms with Gasteiger partial charge in [-0.3, -0.25) is 13.8 Å². The van der Waals surface area contributed by atoms with Crippen LogP contribution in [0.5, 0.6) is 0 Å². The molecule has 2 atom stereocenters. The fourth-order valence-electron chi connectivity index (χ4n) is 6.15. The van der Waals surface area contributed by atoms with Crippen LogP contribution in [-0.4, -0.2) is 43.3 Å². The number of unbranched alkanes of at least 4 members (excludes halogenated alkanes) is 27. The lowest BCUT2D eigenvalue weighted by atomic mass is 10.0. The Morgan fingerprint density at radius 2 is 0.981 bits per heavy atom. The molecule has 0 aromatic heterocycles. The minimum absolute atomic E-state index is 0.0632. The lowest BCUT2D eigenvalue weighted by Gasteiger charge is -2.19. The number of hydrogen-bond donors (Lipinski definition) is 2. The fraction of sp³-hybridized carbons (Fsp3) is 0.884. The van der Waals surface area contributed by atoms with E-state index in [1.165, 1.54) is 161 Å². The van der Waals surface area contributed by atoms with Crippen molar-refractivity contribution in [2.75, 3.05) is 26.4 Å². The van der Waals surface area contributed by atoms with Crippen LogP contribution in [0.1, 0.15) is 213 Å². The van der Waals surface area contributed by atoms with Gasteiger partial charge in [-0.15, -0.1) is 0 Å². The molecule has 0 aromatic carbocycles. The number of esters is 1. The molecule has 9 heteroatoms. The first-order chi connectivity index (χ1) is 25.4. The molecule has 0 aromatic rings. The van der Waals surface area contributed by atoms with E-state index in [-0.39, 0.29) is 32.3 Å². The number of ether oxygens (including phenoxy) is 2. The number of phosphoric ester groups is 1. The largest absolute Gasteiger partial charge is 0.492 e. The number of allylic oxidation sites excluding steroid dienone is 3. The van der Waals surface area contributed by atoms with E-state index in [1.54, 1.807) is 6.26 Å². The monoisotopic (exact) mass is 758 g/mol. The second-order valence-electron chi connectivity index (χ2n) is 14.6. The second kappa shape index (κ2) is 41.0. The predicted octanol–water partition coefficient (Wildman–Crippen LogP) is 13.2. The Morgan fingerprint density at radius 3 is 1.42 bits per heavy atom. The van der Waals surface area contributed by atoms with Gasteiger partial charge in [-0.25, -0.2) is 4.57 Å². The summed E-state index contributed by atoms with van der Waals surface area (Å²) in [6.07, 6.45) is 45.8. The third-order valence-electron chi connectivity index (χ3n) is 9.46. The standard InChI is InChI=1S/C43H84NO7P/c1-3-5-7-9-11-13-15-17-19-21-22-24-26-28-30-32-34-36-43(45)49-40-42(41-51-52(46,47)50-39-37-44)48-38-35-33-31-29-27-25-23-20-18-16-14-12-10-8-6-4-2/h17,19,35,38,42H,3-16,18,20-34,36-37,39-41,44H2,1-2H3,(H,46,47)/b19-17-,38-35-/t42-/m1/s1. The third-order valence-corrected chi connectivity index (χ3v) is 10.4. The van der Waals surface area contributed by atoms with Crippen LogP contribution in [0.4, 0.5) is 0 Å². The summed E-state index contributed by atoms with van der Waals surface area (Å²) in [5, 5.41) is 0. The zero-order chi connectivity index (χ0) is 38.1. The van der Waals surface area contributed by atoms with Crippen LogP contribution in [0.25, 0.3) is 0 Å². The third kappa shape index (κ3) is 40.0. The van der Waals surface area contributed by atoms with Crippen LogP contribution >= 0.6 is 7.82 Å². The van der Waals surface area contributed by atoms with Gasteiger partial charge in [0.05, 0.1) is 19.5 Å². The summed E-state index contributed by atoms with van der Waals surface area (Å²) in [5.41, 5.74) is 5.36. The predicted molar refractivity (Wildman–Crippen MR) is 219 cm³/mol. The summed E-state index contributed by atoms with van der Waals surface area (Å²) < 4.78 is 33.2. The quantitative estimate of drug-likeness (QED) is 0.0208. The minimum atomic E-state index is -4.26. The van der Waals surface area contributed by atoms with Gasteiger partial charge < -0.3 is 20.1 Å². The van der Waals surface area contributed by atoms with E-state index in [0.717, 1.165) is 32.1 Å². The van der Waals surface area contributed by atoms with E-state index in [2.05, 4.69) is 26.0 Å². The molecule has 0 aliphatic rings. The number of phosphoric acid groups is 1. The first kappa shape index (κ1) is 50.8. The minimum Gasteiger partial charge on any atom is -0.492 e. The van der Waals surface area contributed by atoms with Crippen molar-refractivity contribution in [1.29, 1.82) is 0 Å². The molecule has 0 spiro atoms. The van der Waals surface area contributed by atoms with Crippen molar-refractivity contribution < 1.29 is 32.8 Å². The van der Waals surface area contributed by atoms with Crippen LogP contribution in [0, 0.1) is 0 Å². The molecular weight excluding hydrogens is 673 g/mol. The Kier molecular flexibility index (Phi) is 40.1. The van der Waals surface area contributed by atoms with Crippen molar-refractivity contribution in [3.8, 4) is 0 Å². The highest BCUT2D eigenvalue weighted by Gasteiger charge is 2.24. The maximum absolute atomic E-state index is 12.4. The van der Waals surface area contributed by atoms with E-state index >= 15 is 0 Å². The topological polar surface area (TPSA) is 117 Å². The summed E-state index contributed by atoms with van der Waals surface area (Å²) in [6.45, 7) is 4.23. The Hall–Kier alpha value is -1.18. The SMILES string of the molecule is CCCCCCCC/C=C\CCCCCCCCCC(=O)OC[C@H](COP(=O)(O)OCCN)O/C=C\CCCCCCCCCCCCCCCC. The van der Waals surface area contributed by atoms with E-state index in [9.17, 15) is 14.3 Å². The maximum Gasteiger partial charge on any atom is 0.472 e. The zero-order valence-electron chi connectivity index (χ0n) is 34.1. The van der Waals surface area contributed by atoms with E-state index in [4.69, 9.17) is 24.3 Å². The van der Waals surface area contributed by atoms with Crippen molar-refractivity contribution in [2.45, 2.75) is 219 Å². The van der Waals surface area contributed by atoms with Crippen LogP contribution in [0.2, 0.25) is 0 Å². The Labute approximate surface area is 321 Å².